The molecule has 3 rings (SSSR count). The largest absolute Gasteiger partial charge is 0.342 e. The van der Waals surface area contributed by atoms with Crippen LogP contribution in [-0.2, 0) is 0 Å². The van der Waals surface area contributed by atoms with Crippen LogP contribution in [0.2, 0.25) is 13.6 Å². The van der Waals surface area contributed by atoms with Crippen molar-refractivity contribution in [2.45, 2.75) is 87.3 Å². The van der Waals surface area contributed by atoms with Crippen molar-refractivity contribution >= 4 is 25.2 Å². The molecule has 0 amide bonds. The minimum atomic E-state index is -0.667. The Morgan fingerprint density at radius 3 is 1.77 bits per heavy atom. The first kappa shape index (κ1) is 35.6. The predicted molar refractivity (Wildman–Crippen MR) is 194 cm³/mol. The third kappa shape index (κ3) is 11.9. The van der Waals surface area contributed by atoms with E-state index in [-0.39, 0.29) is 0 Å². The summed E-state index contributed by atoms with van der Waals surface area (Å²) in [4.78, 5) is 0. The third-order valence-electron chi connectivity index (χ3n) is 7.87. The number of rotatable bonds is 11. The number of allylic oxidation sites excluding steroid dienone is 7. The third-order valence-corrected chi connectivity index (χ3v) is 7.87. The quantitative estimate of drug-likeness (QED) is 0.158. The smallest absolute Gasteiger partial charge is 0.337 e. The van der Waals surface area contributed by atoms with Gasteiger partial charge in [-0.1, -0.05) is 149 Å². The monoisotopic (exact) mass is 574 g/mol. The summed E-state index contributed by atoms with van der Waals surface area (Å²) in [5.74, 6) is 0.543. The maximum Gasteiger partial charge on any atom is 0.342 e. The molecule has 43 heavy (non-hydrogen) atoms. The zero-order valence-corrected chi connectivity index (χ0v) is 28.0. The van der Waals surface area contributed by atoms with E-state index in [1.807, 2.05) is 0 Å². The average Bonchev–Trinajstić information content (AvgIpc) is 3.00. The number of hydrogen-bond donors (Lipinski definition) is 0. The highest BCUT2D eigenvalue weighted by Gasteiger charge is 2.10. The minimum absolute atomic E-state index is 0.543. The Balaban J connectivity index is 0.00000151. The van der Waals surface area contributed by atoms with Gasteiger partial charge in [0.2, 0.25) is 0 Å². The second-order valence-corrected chi connectivity index (χ2v) is 11.6. The SMILES string of the molecule is CB(C)F.CC/C(C)=C(\C=C/c1ccccc1C)C(/C/C=C\c1ccccc1C)=C(C)\C=C/c1ccccc1C(C)CC. The molecule has 0 bridgehead atoms. The van der Waals surface area contributed by atoms with Crippen LogP contribution in [0.5, 0.6) is 0 Å². The molecule has 0 fully saturated rings. The normalized spacial score (nSPS) is 13.5. The van der Waals surface area contributed by atoms with E-state index >= 15 is 0 Å². The highest BCUT2D eigenvalue weighted by Crippen LogP contribution is 2.29. The van der Waals surface area contributed by atoms with E-state index in [0.717, 1.165) is 19.3 Å². The molecule has 0 N–H and O–H groups in total. The fourth-order valence-electron chi connectivity index (χ4n) is 4.85. The molecule has 0 saturated heterocycles. The van der Waals surface area contributed by atoms with Gasteiger partial charge < -0.3 is 4.32 Å². The highest BCUT2D eigenvalue weighted by molar-refractivity contribution is 6.47. The van der Waals surface area contributed by atoms with Crippen molar-refractivity contribution in [3.05, 3.63) is 147 Å². The van der Waals surface area contributed by atoms with Crippen molar-refractivity contribution in [3.8, 4) is 0 Å². The zero-order chi connectivity index (χ0) is 31.8. The molecular formula is C41H52BF. The summed E-state index contributed by atoms with van der Waals surface area (Å²) in [6.45, 7) is 18.1. The van der Waals surface area contributed by atoms with E-state index in [0.29, 0.717) is 5.92 Å². The van der Waals surface area contributed by atoms with Crippen molar-refractivity contribution in [2.24, 2.45) is 0 Å². The summed E-state index contributed by atoms with van der Waals surface area (Å²) in [5.41, 5.74) is 13.3. The van der Waals surface area contributed by atoms with Crippen LogP contribution in [0.15, 0.2) is 113 Å². The van der Waals surface area contributed by atoms with Gasteiger partial charge in [-0.15, -0.1) is 0 Å². The summed E-state index contributed by atoms with van der Waals surface area (Å²) in [6.07, 6.45) is 16.9. The van der Waals surface area contributed by atoms with Crippen LogP contribution >= 0.6 is 0 Å². The Morgan fingerprint density at radius 1 is 0.744 bits per heavy atom. The first-order chi connectivity index (χ1) is 20.6. The van der Waals surface area contributed by atoms with Gasteiger partial charge in [0, 0.05) is 0 Å². The van der Waals surface area contributed by atoms with Gasteiger partial charge in [-0.3, -0.25) is 0 Å². The minimum Gasteiger partial charge on any atom is -0.337 e. The molecule has 0 aliphatic heterocycles. The first-order valence-electron chi connectivity index (χ1n) is 15.9. The van der Waals surface area contributed by atoms with Crippen molar-refractivity contribution < 1.29 is 4.32 Å². The van der Waals surface area contributed by atoms with E-state index in [1.165, 1.54) is 69.3 Å². The van der Waals surface area contributed by atoms with E-state index in [1.54, 1.807) is 0 Å². The van der Waals surface area contributed by atoms with E-state index < -0.39 is 6.99 Å². The summed E-state index contributed by atoms with van der Waals surface area (Å²) < 4.78 is 11.0. The maximum atomic E-state index is 11.0. The molecule has 3 aromatic carbocycles. The van der Waals surface area contributed by atoms with E-state index in [9.17, 15) is 4.32 Å². The zero-order valence-electron chi connectivity index (χ0n) is 28.0. The molecule has 1 atom stereocenters. The molecule has 0 saturated carbocycles. The topological polar surface area (TPSA) is 0 Å². The molecule has 226 valence electrons. The predicted octanol–water partition coefficient (Wildman–Crippen LogP) is 12.9. The number of hydrogen-bond acceptors (Lipinski definition) is 0. The van der Waals surface area contributed by atoms with Gasteiger partial charge in [0.05, 0.1) is 0 Å². The molecule has 0 radical (unpaired) electrons. The lowest BCUT2D eigenvalue weighted by atomic mass is 9.80. The van der Waals surface area contributed by atoms with Crippen LogP contribution in [0.1, 0.15) is 93.2 Å². The van der Waals surface area contributed by atoms with Gasteiger partial charge in [0.15, 0.2) is 0 Å². The standard InChI is InChI=1S/C39H46.C2H6BF/c1-8-29(3)37-23-15-14-21-36(37)26-25-33(7)38(24-16-22-34-19-12-10-17-31(34)5)39(30(4)9-2)28-27-35-20-13-11-18-32(35)6;1-3(2)4/h10-23,25-29H,8-9,24H2,1-7H3;1-2H3/b22-16-,26-25-,28-27-,38-33-,39-30+;. The van der Waals surface area contributed by atoms with Crippen LogP contribution in [0.4, 0.5) is 4.32 Å². The van der Waals surface area contributed by atoms with Gasteiger partial charge >= 0.3 is 6.99 Å². The van der Waals surface area contributed by atoms with Crippen LogP contribution in [0.25, 0.3) is 18.2 Å². The van der Waals surface area contributed by atoms with Gasteiger partial charge in [0.1, 0.15) is 0 Å². The summed E-state index contributed by atoms with van der Waals surface area (Å²) in [7, 11) is 0. The van der Waals surface area contributed by atoms with E-state index in [4.69, 9.17) is 0 Å². The second-order valence-electron chi connectivity index (χ2n) is 11.6. The van der Waals surface area contributed by atoms with Gasteiger partial charge in [-0.05, 0) is 103 Å². The highest BCUT2D eigenvalue weighted by atomic mass is 19.1. The number of aryl methyl sites for hydroxylation is 2. The summed E-state index contributed by atoms with van der Waals surface area (Å²) in [5, 5.41) is 0. The van der Waals surface area contributed by atoms with E-state index in [2.05, 4.69) is 158 Å². The Kier molecular flexibility index (Phi) is 15.5. The fraction of sp³-hybridized carbons (Fsp3) is 0.317. The lowest BCUT2D eigenvalue weighted by molar-refractivity contribution is 0.732. The molecule has 0 aliphatic carbocycles. The Labute approximate surface area is 263 Å². The lowest BCUT2D eigenvalue weighted by Gasteiger charge is -2.15. The molecule has 0 spiro atoms. The molecule has 3 aromatic rings. The van der Waals surface area contributed by atoms with Crippen molar-refractivity contribution in [1.82, 2.24) is 0 Å². The first-order valence-corrected chi connectivity index (χ1v) is 15.9. The van der Waals surface area contributed by atoms with Crippen LogP contribution < -0.4 is 0 Å². The molecule has 0 aromatic heterocycles. The van der Waals surface area contributed by atoms with Crippen LogP contribution in [0.3, 0.4) is 0 Å². The maximum absolute atomic E-state index is 11.0. The van der Waals surface area contributed by atoms with Crippen molar-refractivity contribution in [2.75, 3.05) is 0 Å². The average molecular weight is 575 g/mol. The van der Waals surface area contributed by atoms with Gasteiger partial charge in [-0.2, -0.15) is 0 Å². The Hall–Kier alpha value is -3.65. The van der Waals surface area contributed by atoms with Crippen LogP contribution in [-0.4, -0.2) is 6.99 Å². The van der Waals surface area contributed by atoms with Gasteiger partial charge in [-0.25, -0.2) is 0 Å². The lowest BCUT2D eigenvalue weighted by Crippen LogP contribution is -1.96. The Morgan fingerprint density at radius 2 is 1.23 bits per heavy atom. The van der Waals surface area contributed by atoms with Crippen molar-refractivity contribution in [3.63, 3.8) is 0 Å². The number of benzene rings is 3. The molecule has 0 heterocycles. The fourth-order valence-corrected chi connectivity index (χ4v) is 4.85. The summed E-state index contributed by atoms with van der Waals surface area (Å²) >= 11 is 0. The molecule has 2 heteroatoms. The molecule has 0 nitrogen and oxygen atoms in total. The van der Waals surface area contributed by atoms with Gasteiger partial charge in [0.25, 0.3) is 0 Å². The molecule has 1 unspecified atom stereocenters. The molecule has 0 aliphatic rings. The van der Waals surface area contributed by atoms with Crippen LogP contribution in [0, 0.1) is 13.8 Å². The number of halogens is 1. The Bertz CT molecular complexity index is 1450. The molecular weight excluding hydrogens is 522 g/mol. The second kappa shape index (κ2) is 18.8. The van der Waals surface area contributed by atoms with Crippen molar-refractivity contribution in [1.29, 1.82) is 0 Å². The summed E-state index contributed by atoms with van der Waals surface area (Å²) in [6, 6.07) is 26.0.